The normalized spacial score (nSPS) is 13.4. The van der Waals surface area contributed by atoms with Gasteiger partial charge in [0.2, 0.25) is 5.88 Å². The molecule has 9 heteroatoms. The molecule has 1 aromatic carbocycles. The van der Waals surface area contributed by atoms with Gasteiger partial charge in [0.25, 0.3) is 5.56 Å². The summed E-state index contributed by atoms with van der Waals surface area (Å²) < 4.78 is 1.93. The summed E-state index contributed by atoms with van der Waals surface area (Å²) in [6, 6.07) is 5.69. The van der Waals surface area contributed by atoms with Gasteiger partial charge in [0.15, 0.2) is 0 Å². The lowest BCUT2D eigenvalue weighted by Crippen LogP contribution is -2.31. The van der Waals surface area contributed by atoms with E-state index in [1.165, 1.54) is 17.6 Å². The number of aromatic nitrogens is 2. The number of aliphatic imine (C=N–C) groups is 1. The van der Waals surface area contributed by atoms with Gasteiger partial charge in [0.1, 0.15) is 16.6 Å². The summed E-state index contributed by atoms with van der Waals surface area (Å²) in [4.78, 5) is 32.7. The fourth-order valence-corrected chi connectivity index (χ4v) is 5.39. The molecule has 3 aromatic rings. The Hall–Kier alpha value is -2.96. The fraction of sp³-hybridized carbons (Fsp3) is 0.273. The van der Waals surface area contributed by atoms with Gasteiger partial charge in [-0.15, -0.1) is 11.3 Å². The Morgan fingerprint density at radius 2 is 2.00 bits per heavy atom. The van der Waals surface area contributed by atoms with Gasteiger partial charge < -0.3 is 5.11 Å². The fourth-order valence-electron chi connectivity index (χ4n) is 3.77. The molecular formula is C22H19BrN4O3S. The van der Waals surface area contributed by atoms with Crippen LogP contribution >= 0.6 is 27.3 Å². The minimum Gasteiger partial charge on any atom is -0.493 e. The third kappa shape index (κ3) is 3.66. The van der Waals surface area contributed by atoms with Gasteiger partial charge in [0.05, 0.1) is 11.3 Å². The van der Waals surface area contributed by atoms with Crippen LogP contribution in [0.3, 0.4) is 0 Å². The van der Waals surface area contributed by atoms with Crippen molar-refractivity contribution in [3.8, 4) is 17.6 Å². The molecule has 0 saturated carbocycles. The molecule has 0 fully saturated rings. The predicted molar refractivity (Wildman–Crippen MR) is 124 cm³/mol. The maximum Gasteiger partial charge on any atom is 0.335 e. The van der Waals surface area contributed by atoms with E-state index in [0.29, 0.717) is 16.3 Å². The Morgan fingerprint density at radius 3 is 2.74 bits per heavy atom. The van der Waals surface area contributed by atoms with Gasteiger partial charge >= 0.3 is 5.69 Å². The lowest BCUT2D eigenvalue weighted by Gasteiger charge is -2.14. The van der Waals surface area contributed by atoms with Crippen LogP contribution in [0.5, 0.6) is 5.88 Å². The van der Waals surface area contributed by atoms with Crippen LogP contribution < -0.4 is 11.2 Å². The molecule has 0 unspecified atom stereocenters. The first-order valence-electron chi connectivity index (χ1n) is 9.76. The Kier molecular flexibility index (Phi) is 5.69. The smallest absolute Gasteiger partial charge is 0.335 e. The minimum absolute atomic E-state index is 0.144. The zero-order valence-electron chi connectivity index (χ0n) is 17.0. The minimum atomic E-state index is -0.742. The van der Waals surface area contributed by atoms with Crippen molar-refractivity contribution in [1.29, 1.82) is 5.26 Å². The molecule has 7 nitrogen and oxygen atoms in total. The maximum atomic E-state index is 12.5. The molecule has 2 heterocycles. The number of nitrogens with one attached hydrogen (secondary N) is 1. The van der Waals surface area contributed by atoms with Crippen molar-refractivity contribution in [1.82, 2.24) is 9.55 Å². The van der Waals surface area contributed by atoms with Crippen molar-refractivity contribution in [3.05, 3.63) is 70.1 Å². The van der Waals surface area contributed by atoms with Gasteiger partial charge in [-0.3, -0.25) is 9.78 Å². The first kappa shape index (κ1) is 21.3. The lowest BCUT2D eigenvalue weighted by molar-refractivity contribution is 0.430. The zero-order valence-corrected chi connectivity index (χ0v) is 19.4. The number of benzene rings is 1. The Morgan fingerprint density at radius 1 is 1.26 bits per heavy atom. The number of aromatic amines is 1. The van der Waals surface area contributed by atoms with Gasteiger partial charge in [-0.05, 0) is 68.4 Å². The van der Waals surface area contributed by atoms with Crippen molar-refractivity contribution < 1.29 is 5.11 Å². The van der Waals surface area contributed by atoms with Crippen molar-refractivity contribution in [3.63, 3.8) is 0 Å². The second-order valence-corrected chi connectivity index (χ2v) is 9.35. The number of hydrogen-bond acceptors (Lipinski definition) is 6. The van der Waals surface area contributed by atoms with Crippen LogP contribution in [0.2, 0.25) is 0 Å². The molecule has 0 aliphatic heterocycles. The summed E-state index contributed by atoms with van der Waals surface area (Å²) in [6.45, 7) is 3.72. The molecule has 1 aliphatic carbocycles. The molecule has 0 bridgehead atoms. The summed E-state index contributed by atoms with van der Waals surface area (Å²) >= 11 is 4.89. The predicted octanol–water partition coefficient (Wildman–Crippen LogP) is 4.17. The van der Waals surface area contributed by atoms with Gasteiger partial charge in [0, 0.05) is 15.6 Å². The lowest BCUT2D eigenvalue weighted by atomic mass is 9.96. The van der Waals surface area contributed by atoms with Gasteiger partial charge in [-0.25, -0.2) is 14.4 Å². The van der Waals surface area contributed by atoms with Crippen LogP contribution in [-0.2, 0) is 12.8 Å². The molecule has 0 atom stereocenters. The van der Waals surface area contributed by atoms with E-state index in [9.17, 15) is 20.0 Å². The standard InChI is InChI=1S/C22H19BrN4O3S/c1-11-12(2)17(8-7-16(11)23)27-21(29)15(19(28)26-22(27)30)10-25-20-14(9-24)13-5-3-4-6-18(13)31-20/h7-8,10,29H,3-6H2,1-2H3,(H,26,28,30). The molecule has 31 heavy (non-hydrogen) atoms. The summed E-state index contributed by atoms with van der Waals surface area (Å²) in [5, 5.41) is 20.9. The quantitative estimate of drug-likeness (QED) is 0.527. The highest BCUT2D eigenvalue weighted by Gasteiger charge is 2.21. The Balaban J connectivity index is 1.85. The van der Waals surface area contributed by atoms with Crippen molar-refractivity contribution in [2.75, 3.05) is 0 Å². The second-order valence-electron chi connectivity index (χ2n) is 7.41. The van der Waals surface area contributed by atoms with E-state index < -0.39 is 17.1 Å². The number of hydrogen-bond donors (Lipinski definition) is 2. The zero-order chi connectivity index (χ0) is 22.3. The number of halogens is 1. The van der Waals surface area contributed by atoms with E-state index in [1.807, 2.05) is 13.8 Å². The molecule has 158 valence electrons. The molecule has 0 saturated heterocycles. The van der Waals surface area contributed by atoms with Crippen molar-refractivity contribution in [2.45, 2.75) is 39.5 Å². The number of rotatable bonds is 3. The van der Waals surface area contributed by atoms with E-state index >= 15 is 0 Å². The number of aromatic hydroxyl groups is 1. The molecule has 2 N–H and O–H groups in total. The van der Waals surface area contributed by atoms with Crippen molar-refractivity contribution >= 4 is 38.5 Å². The Bertz CT molecular complexity index is 1390. The molecular weight excluding hydrogens is 480 g/mol. The number of H-pyrrole nitrogens is 1. The highest BCUT2D eigenvalue weighted by atomic mass is 79.9. The number of aryl methyl sites for hydroxylation is 1. The Labute approximate surface area is 190 Å². The molecule has 2 aromatic heterocycles. The average molecular weight is 499 g/mol. The van der Waals surface area contributed by atoms with Crippen LogP contribution in [0.4, 0.5) is 5.00 Å². The van der Waals surface area contributed by atoms with E-state index in [-0.39, 0.29) is 5.56 Å². The molecule has 0 amide bonds. The second kappa shape index (κ2) is 8.29. The first-order chi connectivity index (χ1) is 14.8. The van der Waals surface area contributed by atoms with Gasteiger partial charge in [-0.2, -0.15) is 5.26 Å². The monoisotopic (exact) mass is 498 g/mol. The number of nitrogens with zero attached hydrogens (tertiary/aromatic N) is 3. The highest BCUT2D eigenvalue weighted by molar-refractivity contribution is 9.10. The van der Waals surface area contributed by atoms with Crippen LogP contribution in [0.1, 0.15) is 45.5 Å². The van der Waals surface area contributed by atoms with E-state index in [4.69, 9.17) is 0 Å². The van der Waals surface area contributed by atoms with E-state index in [2.05, 4.69) is 32.0 Å². The van der Waals surface area contributed by atoms with Crippen LogP contribution in [0.25, 0.3) is 5.69 Å². The van der Waals surface area contributed by atoms with Crippen LogP contribution in [0, 0.1) is 25.2 Å². The molecule has 0 spiro atoms. The van der Waals surface area contributed by atoms with Gasteiger partial charge in [-0.1, -0.05) is 15.9 Å². The third-order valence-electron chi connectivity index (χ3n) is 5.63. The SMILES string of the molecule is Cc1c(Br)ccc(-n2c(O)c(C=Nc3sc4c(c3C#N)CCCC4)c(=O)[nH]c2=O)c1C. The molecule has 4 rings (SSSR count). The number of nitriles is 1. The summed E-state index contributed by atoms with van der Waals surface area (Å²) in [5.74, 6) is -0.498. The van der Waals surface area contributed by atoms with E-state index in [1.54, 1.807) is 12.1 Å². The summed E-state index contributed by atoms with van der Waals surface area (Å²) in [5.41, 5.74) is 2.08. The van der Waals surface area contributed by atoms with Crippen molar-refractivity contribution in [2.24, 2.45) is 4.99 Å². The van der Waals surface area contributed by atoms with Crippen LogP contribution in [-0.4, -0.2) is 20.9 Å². The largest absolute Gasteiger partial charge is 0.493 e. The first-order valence-corrected chi connectivity index (χ1v) is 11.4. The maximum absolute atomic E-state index is 12.5. The number of thiophene rings is 1. The van der Waals surface area contributed by atoms with E-state index in [0.717, 1.165) is 56.3 Å². The summed E-state index contributed by atoms with van der Waals surface area (Å²) in [6.07, 6.45) is 5.12. The van der Waals surface area contributed by atoms with Crippen LogP contribution in [0.15, 0.2) is 31.2 Å². The highest BCUT2D eigenvalue weighted by Crippen LogP contribution is 2.39. The summed E-state index contributed by atoms with van der Waals surface area (Å²) in [7, 11) is 0. The average Bonchev–Trinajstić information content (AvgIpc) is 3.10. The molecule has 1 aliphatic rings. The molecule has 0 radical (unpaired) electrons. The third-order valence-corrected chi connectivity index (χ3v) is 7.69. The number of fused-ring (bicyclic) bond motifs is 1. The topological polar surface area (TPSA) is 111 Å².